The van der Waals surface area contributed by atoms with Crippen LogP contribution in [0.5, 0.6) is 0 Å². The third kappa shape index (κ3) is 3.44. The predicted octanol–water partition coefficient (Wildman–Crippen LogP) is 1.39. The van der Waals surface area contributed by atoms with Crippen molar-refractivity contribution in [2.75, 3.05) is 40.3 Å². The summed E-state index contributed by atoms with van der Waals surface area (Å²) in [6.07, 6.45) is 2.40. The lowest BCUT2D eigenvalue weighted by molar-refractivity contribution is 0.0321. The number of hydrogen-bond donors (Lipinski definition) is 1. The minimum absolute atomic E-state index is 0.236. The first kappa shape index (κ1) is 13.9. The van der Waals surface area contributed by atoms with E-state index in [0.29, 0.717) is 5.41 Å². The number of likely N-dealkylation sites (N-methyl/N-ethyl adjacent to an activating group) is 1. The Morgan fingerprint density at radius 2 is 1.75 bits per heavy atom. The van der Waals surface area contributed by atoms with E-state index in [4.69, 9.17) is 5.73 Å². The molecule has 16 heavy (non-hydrogen) atoms. The number of nitrogens with two attached hydrogens (primary N) is 1. The average molecular weight is 227 g/mol. The van der Waals surface area contributed by atoms with Crippen LogP contribution in [0.15, 0.2) is 0 Å². The van der Waals surface area contributed by atoms with Crippen molar-refractivity contribution in [2.24, 2.45) is 11.1 Å². The monoisotopic (exact) mass is 227 g/mol. The van der Waals surface area contributed by atoms with Crippen LogP contribution in [-0.4, -0.2) is 55.6 Å². The molecule has 1 saturated heterocycles. The van der Waals surface area contributed by atoms with Crippen LogP contribution in [0.4, 0.5) is 0 Å². The summed E-state index contributed by atoms with van der Waals surface area (Å²) in [5.41, 5.74) is 6.63. The molecule has 0 atom stereocenters. The average Bonchev–Trinajstić information content (AvgIpc) is 2.17. The van der Waals surface area contributed by atoms with E-state index in [1.54, 1.807) is 0 Å². The van der Waals surface area contributed by atoms with E-state index in [1.165, 1.54) is 25.9 Å². The van der Waals surface area contributed by atoms with Crippen molar-refractivity contribution >= 4 is 0 Å². The highest BCUT2D eigenvalue weighted by Crippen LogP contribution is 2.29. The van der Waals surface area contributed by atoms with Crippen LogP contribution >= 0.6 is 0 Å². The van der Waals surface area contributed by atoms with Gasteiger partial charge < -0.3 is 10.6 Å². The van der Waals surface area contributed by atoms with Crippen molar-refractivity contribution in [2.45, 2.75) is 39.2 Å². The summed E-state index contributed by atoms with van der Waals surface area (Å²) < 4.78 is 0. The molecular formula is C13H29N3. The minimum atomic E-state index is 0.236. The molecule has 0 aromatic heterocycles. The van der Waals surface area contributed by atoms with Gasteiger partial charge in [0.1, 0.15) is 0 Å². The highest BCUT2D eigenvalue weighted by molar-refractivity contribution is 4.95. The number of nitrogens with zero attached hydrogens (tertiary/aromatic N) is 2. The van der Waals surface area contributed by atoms with Crippen LogP contribution in [0.3, 0.4) is 0 Å². The first-order valence-electron chi connectivity index (χ1n) is 6.39. The molecule has 3 heteroatoms. The Balaban J connectivity index is 2.65. The Hall–Kier alpha value is -0.120. The molecule has 3 nitrogen and oxygen atoms in total. The molecule has 0 radical (unpaired) electrons. The first-order chi connectivity index (χ1) is 7.29. The predicted molar refractivity (Wildman–Crippen MR) is 70.6 cm³/mol. The van der Waals surface area contributed by atoms with Crippen molar-refractivity contribution < 1.29 is 0 Å². The number of rotatable bonds is 3. The molecule has 96 valence electrons. The molecule has 0 aliphatic carbocycles. The maximum absolute atomic E-state index is 6.04. The van der Waals surface area contributed by atoms with Crippen LogP contribution in [0.2, 0.25) is 0 Å². The molecule has 1 rings (SSSR count). The van der Waals surface area contributed by atoms with Crippen molar-refractivity contribution in [1.82, 2.24) is 9.80 Å². The number of piperidine rings is 1. The van der Waals surface area contributed by atoms with Gasteiger partial charge in [0.05, 0.1) is 0 Å². The molecule has 0 amide bonds. The highest BCUT2D eigenvalue weighted by atomic mass is 15.2. The van der Waals surface area contributed by atoms with Gasteiger partial charge in [0.2, 0.25) is 0 Å². The molecule has 0 aromatic rings. The summed E-state index contributed by atoms with van der Waals surface area (Å²) in [5, 5.41) is 0. The Kier molecular flexibility index (Phi) is 4.38. The zero-order chi connectivity index (χ0) is 12.4. The van der Waals surface area contributed by atoms with Gasteiger partial charge in [-0.05, 0) is 45.4 Å². The molecule has 0 unspecified atom stereocenters. The van der Waals surface area contributed by atoms with Crippen LogP contribution < -0.4 is 5.73 Å². The van der Waals surface area contributed by atoms with Gasteiger partial charge in [0.15, 0.2) is 0 Å². The lowest BCUT2D eigenvalue weighted by atomic mass is 9.84. The van der Waals surface area contributed by atoms with E-state index in [-0.39, 0.29) is 5.54 Å². The molecule has 1 aliphatic rings. The van der Waals surface area contributed by atoms with Crippen LogP contribution in [0, 0.1) is 5.41 Å². The molecule has 1 fully saturated rings. The molecule has 1 heterocycles. The quantitative estimate of drug-likeness (QED) is 0.791. The third-order valence-corrected chi connectivity index (χ3v) is 3.82. The van der Waals surface area contributed by atoms with Gasteiger partial charge in [-0.15, -0.1) is 0 Å². The molecular weight excluding hydrogens is 198 g/mol. The zero-order valence-electron chi connectivity index (χ0n) is 11.7. The summed E-state index contributed by atoms with van der Waals surface area (Å²) in [7, 11) is 4.44. The maximum Gasteiger partial charge on any atom is 0.0353 e. The molecule has 0 bridgehead atoms. The van der Waals surface area contributed by atoms with E-state index in [9.17, 15) is 0 Å². The van der Waals surface area contributed by atoms with E-state index >= 15 is 0 Å². The summed E-state index contributed by atoms with van der Waals surface area (Å²) >= 11 is 0. The molecule has 0 aromatic carbocycles. The van der Waals surface area contributed by atoms with Gasteiger partial charge in [0, 0.05) is 18.6 Å². The molecule has 0 spiro atoms. The van der Waals surface area contributed by atoms with Gasteiger partial charge in [0.25, 0.3) is 0 Å². The molecule has 1 aliphatic heterocycles. The fraction of sp³-hybridized carbons (Fsp3) is 1.00. The van der Waals surface area contributed by atoms with E-state index < -0.39 is 0 Å². The highest BCUT2D eigenvalue weighted by Gasteiger charge is 2.37. The molecule has 2 N–H and O–H groups in total. The lowest BCUT2D eigenvalue weighted by Crippen LogP contribution is -2.59. The fourth-order valence-corrected chi connectivity index (χ4v) is 2.66. The van der Waals surface area contributed by atoms with Gasteiger partial charge in [-0.2, -0.15) is 0 Å². The van der Waals surface area contributed by atoms with Gasteiger partial charge in [-0.25, -0.2) is 0 Å². The lowest BCUT2D eigenvalue weighted by Gasteiger charge is -2.48. The second kappa shape index (κ2) is 5.03. The summed E-state index contributed by atoms with van der Waals surface area (Å²) in [6, 6.07) is 0. The maximum atomic E-state index is 6.04. The van der Waals surface area contributed by atoms with Gasteiger partial charge >= 0.3 is 0 Å². The van der Waals surface area contributed by atoms with Crippen molar-refractivity contribution in [1.29, 1.82) is 0 Å². The second-order valence-corrected chi connectivity index (χ2v) is 6.65. The van der Waals surface area contributed by atoms with Crippen LogP contribution in [0.1, 0.15) is 33.6 Å². The normalized spacial score (nSPS) is 22.7. The standard InChI is InChI=1S/C13H29N3/c1-12(2,3)11-16(5)13(10-14)6-8-15(4)9-7-13/h6-11,14H2,1-5H3. The summed E-state index contributed by atoms with van der Waals surface area (Å²) in [6.45, 7) is 11.1. The fourth-order valence-electron chi connectivity index (χ4n) is 2.66. The minimum Gasteiger partial charge on any atom is -0.329 e. The molecule has 0 saturated carbocycles. The number of likely N-dealkylation sites (tertiary alicyclic amines) is 1. The van der Waals surface area contributed by atoms with Crippen LogP contribution in [-0.2, 0) is 0 Å². The van der Waals surface area contributed by atoms with E-state index in [2.05, 4.69) is 44.7 Å². The van der Waals surface area contributed by atoms with Gasteiger partial charge in [-0.1, -0.05) is 20.8 Å². The van der Waals surface area contributed by atoms with E-state index in [1.807, 2.05) is 0 Å². The smallest absolute Gasteiger partial charge is 0.0353 e. The Bertz CT molecular complexity index is 212. The SMILES string of the molecule is CN1CCC(CN)(N(C)CC(C)(C)C)CC1. The third-order valence-electron chi connectivity index (χ3n) is 3.82. The summed E-state index contributed by atoms with van der Waals surface area (Å²) in [4.78, 5) is 4.90. The van der Waals surface area contributed by atoms with Crippen molar-refractivity contribution in [3.63, 3.8) is 0 Å². The van der Waals surface area contributed by atoms with Crippen LogP contribution in [0.25, 0.3) is 0 Å². The number of hydrogen-bond acceptors (Lipinski definition) is 3. The van der Waals surface area contributed by atoms with Gasteiger partial charge in [-0.3, -0.25) is 4.90 Å². The largest absolute Gasteiger partial charge is 0.329 e. The Labute approximate surface area is 101 Å². The second-order valence-electron chi connectivity index (χ2n) is 6.65. The Morgan fingerprint density at radius 3 is 2.12 bits per heavy atom. The zero-order valence-corrected chi connectivity index (χ0v) is 11.7. The first-order valence-corrected chi connectivity index (χ1v) is 6.39. The van der Waals surface area contributed by atoms with Crippen molar-refractivity contribution in [3.05, 3.63) is 0 Å². The topological polar surface area (TPSA) is 32.5 Å². The van der Waals surface area contributed by atoms with E-state index in [0.717, 1.165) is 13.1 Å². The summed E-state index contributed by atoms with van der Waals surface area (Å²) in [5.74, 6) is 0. The Morgan fingerprint density at radius 1 is 1.25 bits per heavy atom. The van der Waals surface area contributed by atoms with Crippen molar-refractivity contribution in [3.8, 4) is 0 Å².